The summed E-state index contributed by atoms with van der Waals surface area (Å²) in [6, 6.07) is 13.2. The average Bonchev–Trinajstić information content (AvgIpc) is 3.26. The van der Waals surface area contributed by atoms with E-state index in [-0.39, 0.29) is 6.09 Å². The molecule has 3 aliphatic rings. The Bertz CT molecular complexity index is 1460. The van der Waals surface area contributed by atoms with Crippen molar-refractivity contribution in [1.82, 2.24) is 19.8 Å². The van der Waals surface area contributed by atoms with Crippen LogP contribution in [0, 0.1) is 0 Å². The van der Waals surface area contributed by atoms with Gasteiger partial charge >= 0.3 is 12.1 Å². The molecule has 6 rings (SSSR count). The third kappa shape index (κ3) is 6.63. The van der Waals surface area contributed by atoms with Crippen LogP contribution in [0.3, 0.4) is 0 Å². The number of hydrogen-bond donors (Lipinski definition) is 0. The van der Waals surface area contributed by atoms with Gasteiger partial charge in [-0.2, -0.15) is 9.97 Å². The third-order valence-electron chi connectivity index (χ3n) is 8.73. The molecule has 0 bridgehead atoms. The van der Waals surface area contributed by atoms with Crippen LogP contribution in [0.2, 0.25) is 5.02 Å². The average molecular weight is 607 g/mol. The Balaban J connectivity index is 1.30. The lowest BCUT2D eigenvalue weighted by Crippen LogP contribution is -2.50. The lowest BCUT2D eigenvalue weighted by molar-refractivity contribution is 0.0240. The zero-order valence-electron chi connectivity index (χ0n) is 25.8. The molecule has 0 N–H and O–H groups in total. The molecule has 3 aliphatic heterocycles. The summed E-state index contributed by atoms with van der Waals surface area (Å²) in [6.45, 7) is 11.4. The first-order chi connectivity index (χ1) is 20.7. The minimum absolute atomic E-state index is 0.261. The molecular weight excluding hydrogens is 564 g/mol. The first-order valence-corrected chi connectivity index (χ1v) is 15.9. The molecule has 3 aromatic rings. The van der Waals surface area contributed by atoms with Crippen LogP contribution in [0.4, 0.5) is 16.3 Å². The van der Waals surface area contributed by atoms with Crippen molar-refractivity contribution in [2.75, 3.05) is 62.7 Å². The molecule has 0 spiro atoms. The van der Waals surface area contributed by atoms with Gasteiger partial charge in [0.2, 0.25) is 0 Å². The molecule has 2 fully saturated rings. The summed E-state index contributed by atoms with van der Waals surface area (Å²) >= 11 is 6.74. The molecule has 43 heavy (non-hydrogen) atoms. The number of benzene rings is 2. The van der Waals surface area contributed by atoms with Gasteiger partial charge in [-0.25, -0.2) is 4.79 Å². The number of anilines is 2. The smallest absolute Gasteiger partial charge is 0.410 e. The van der Waals surface area contributed by atoms with E-state index in [4.69, 9.17) is 31.0 Å². The highest BCUT2D eigenvalue weighted by atomic mass is 35.5. The first-order valence-electron chi connectivity index (χ1n) is 15.5. The molecule has 2 aromatic carbocycles. The Morgan fingerprint density at radius 2 is 1.74 bits per heavy atom. The number of piperazine rings is 1. The molecule has 0 aliphatic carbocycles. The Hall–Kier alpha value is -3.30. The number of hydrogen-bond acceptors (Lipinski definition) is 8. The van der Waals surface area contributed by atoms with Gasteiger partial charge in [0.1, 0.15) is 18.0 Å². The predicted octanol–water partition coefficient (Wildman–Crippen LogP) is 5.77. The molecule has 1 atom stereocenters. The zero-order valence-corrected chi connectivity index (χ0v) is 26.6. The Morgan fingerprint density at radius 3 is 2.47 bits per heavy atom. The molecule has 10 heteroatoms. The highest BCUT2D eigenvalue weighted by Gasteiger charge is 2.30. The van der Waals surface area contributed by atoms with Crippen molar-refractivity contribution in [2.24, 2.45) is 0 Å². The van der Waals surface area contributed by atoms with Gasteiger partial charge < -0.3 is 29.1 Å². The summed E-state index contributed by atoms with van der Waals surface area (Å²) in [5.74, 6) is 0.932. The number of ether oxygens (including phenoxy) is 2. The van der Waals surface area contributed by atoms with E-state index in [1.165, 1.54) is 12.0 Å². The van der Waals surface area contributed by atoms with Crippen molar-refractivity contribution in [1.29, 1.82) is 0 Å². The standard InChI is InChI=1S/C33H43ClN6O3/c1-33(2,3)43-32(41)39-19-17-38(18-20-39)30-25-12-8-16-40(28-14-6-10-23-9-5-13-26(34)29(23)28)21-27(25)35-31(36-30)42-22-24-11-7-15-37(24)4/h5-6,9-10,13-14,24H,7-8,11-12,15-22H2,1-4H3/t24-/m0/s1. The lowest BCUT2D eigenvalue weighted by Gasteiger charge is -2.37. The van der Waals surface area contributed by atoms with E-state index in [1.807, 2.05) is 32.9 Å². The highest BCUT2D eigenvalue weighted by Crippen LogP contribution is 2.36. The van der Waals surface area contributed by atoms with Crippen LogP contribution in [0.25, 0.3) is 10.8 Å². The maximum absolute atomic E-state index is 12.7. The molecule has 230 valence electrons. The van der Waals surface area contributed by atoms with Crippen molar-refractivity contribution < 1.29 is 14.3 Å². The van der Waals surface area contributed by atoms with Crippen LogP contribution in [-0.2, 0) is 17.7 Å². The number of nitrogens with zero attached hydrogens (tertiary/aromatic N) is 6. The number of likely N-dealkylation sites (tertiary alicyclic amines) is 1. The van der Waals surface area contributed by atoms with Crippen LogP contribution in [0.1, 0.15) is 51.3 Å². The molecular formula is C33H43ClN6O3. The van der Waals surface area contributed by atoms with Gasteiger partial charge in [0, 0.05) is 55.4 Å². The molecule has 4 heterocycles. The van der Waals surface area contributed by atoms with Gasteiger partial charge in [0.15, 0.2) is 0 Å². The second-order valence-electron chi connectivity index (χ2n) is 12.9. The molecule has 0 unspecified atom stereocenters. The van der Waals surface area contributed by atoms with Crippen molar-refractivity contribution in [3.8, 4) is 6.01 Å². The molecule has 2 saturated heterocycles. The van der Waals surface area contributed by atoms with Gasteiger partial charge in [-0.05, 0) is 77.6 Å². The quantitative estimate of drug-likeness (QED) is 0.363. The number of halogens is 1. The molecule has 0 radical (unpaired) electrons. The van der Waals surface area contributed by atoms with Gasteiger partial charge in [-0.1, -0.05) is 35.9 Å². The maximum Gasteiger partial charge on any atom is 0.410 e. The number of rotatable bonds is 5. The SMILES string of the molecule is CN1CCC[C@H]1COc1nc2c(c(N3CCN(C(=O)OC(C)(C)C)CC3)n1)CCCN(c1cccc3cccc(Cl)c13)C2. The van der Waals surface area contributed by atoms with Crippen LogP contribution in [0.15, 0.2) is 36.4 Å². The van der Waals surface area contributed by atoms with Gasteiger partial charge in [-0.3, -0.25) is 0 Å². The second-order valence-corrected chi connectivity index (χ2v) is 13.3. The van der Waals surface area contributed by atoms with E-state index in [0.29, 0.717) is 51.4 Å². The van der Waals surface area contributed by atoms with Gasteiger partial charge in [0.25, 0.3) is 0 Å². The summed E-state index contributed by atoms with van der Waals surface area (Å²) < 4.78 is 12.0. The molecule has 9 nitrogen and oxygen atoms in total. The lowest BCUT2D eigenvalue weighted by atomic mass is 10.1. The fourth-order valence-corrected chi connectivity index (χ4v) is 6.73. The zero-order chi connectivity index (χ0) is 30.1. The topological polar surface area (TPSA) is 74.3 Å². The normalized spacial score (nSPS) is 19.8. The monoisotopic (exact) mass is 606 g/mol. The van der Waals surface area contributed by atoms with Gasteiger partial charge in [0.05, 0.1) is 17.3 Å². The number of fused-ring (bicyclic) bond motifs is 2. The summed E-state index contributed by atoms with van der Waals surface area (Å²) in [7, 11) is 2.15. The Morgan fingerprint density at radius 1 is 0.977 bits per heavy atom. The minimum Gasteiger partial charge on any atom is -0.462 e. The maximum atomic E-state index is 12.7. The minimum atomic E-state index is -0.516. The van der Waals surface area contributed by atoms with E-state index < -0.39 is 5.60 Å². The molecule has 0 saturated carbocycles. The third-order valence-corrected chi connectivity index (χ3v) is 9.04. The number of likely N-dealkylation sites (N-methyl/N-ethyl adjacent to an activating group) is 1. The van der Waals surface area contributed by atoms with E-state index in [1.54, 1.807) is 4.90 Å². The number of carbonyl (C=O) groups excluding carboxylic acids is 1. The van der Waals surface area contributed by atoms with E-state index >= 15 is 0 Å². The number of aromatic nitrogens is 2. The van der Waals surface area contributed by atoms with E-state index in [2.05, 4.69) is 46.0 Å². The summed E-state index contributed by atoms with van der Waals surface area (Å²) in [6.07, 6.45) is 3.89. The molecule has 1 aromatic heterocycles. The summed E-state index contributed by atoms with van der Waals surface area (Å²) in [4.78, 5) is 31.6. The number of carbonyl (C=O) groups is 1. The van der Waals surface area contributed by atoms with Crippen molar-refractivity contribution in [3.05, 3.63) is 52.7 Å². The first kappa shape index (κ1) is 29.8. The van der Waals surface area contributed by atoms with Crippen molar-refractivity contribution in [3.63, 3.8) is 0 Å². The van der Waals surface area contributed by atoms with Crippen LogP contribution in [0.5, 0.6) is 6.01 Å². The second kappa shape index (κ2) is 12.4. The van der Waals surface area contributed by atoms with Crippen molar-refractivity contribution in [2.45, 2.75) is 64.6 Å². The van der Waals surface area contributed by atoms with E-state index in [0.717, 1.165) is 65.3 Å². The fraction of sp³-hybridized carbons (Fsp3) is 0.545. The Labute approximate surface area is 259 Å². The largest absolute Gasteiger partial charge is 0.462 e. The number of amides is 1. The summed E-state index contributed by atoms with van der Waals surface area (Å²) in [5, 5.41) is 2.96. The predicted molar refractivity (Wildman–Crippen MR) is 172 cm³/mol. The fourth-order valence-electron chi connectivity index (χ4n) is 6.45. The molecule has 1 amide bonds. The van der Waals surface area contributed by atoms with Crippen LogP contribution in [-0.4, -0.2) is 90.4 Å². The highest BCUT2D eigenvalue weighted by molar-refractivity contribution is 6.36. The van der Waals surface area contributed by atoms with Crippen molar-refractivity contribution >= 4 is 40.0 Å². The van der Waals surface area contributed by atoms with Crippen LogP contribution < -0.4 is 14.5 Å². The van der Waals surface area contributed by atoms with E-state index in [9.17, 15) is 4.79 Å². The Kier molecular flexibility index (Phi) is 8.56. The van der Waals surface area contributed by atoms with Gasteiger partial charge in [-0.15, -0.1) is 0 Å². The van der Waals surface area contributed by atoms with Crippen LogP contribution >= 0.6 is 11.6 Å². The summed E-state index contributed by atoms with van der Waals surface area (Å²) in [5.41, 5.74) is 2.77.